The average molecular weight is 302 g/mol. The molecule has 0 unspecified atom stereocenters. The summed E-state index contributed by atoms with van der Waals surface area (Å²) in [5.41, 5.74) is -0.416. The van der Waals surface area contributed by atoms with Gasteiger partial charge in [-0.2, -0.15) is 0 Å². The fourth-order valence-electron chi connectivity index (χ4n) is 1.71. The van der Waals surface area contributed by atoms with Crippen LogP contribution < -0.4 is 4.74 Å². The van der Waals surface area contributed by atoms with Gasteiger partial charge in [-0.1, -0.05) is 0 Å². The van der Waals surface area contributed by atoms with Crippen molar-refractivity contribution in [3.05, 3.63) is 59.2 Å². The van der Waals surface area contributed by atoms with Crippen LogP contribution >= 0.6 is 0 Å². The maximum absolute atomic E-state index is 11.2. The Hall–Kier alpha value is -3.35. The van der Waals surface area contributed by atoms with Gasteiger partial charge in [0.1, 0.15) is 17.1 Å². The predicted molar refractivity (Wildman–Crippen MR) is 73.8 cm³/mol. The number of benzene rings is 2. The molecule has 7 heteroatoms. The fraction of sp³-hybridized carbons (Fsp3) is 0. The first-order valence-electron chi connectivity index (χ1n) is 6.00. The fourth-order valence-corrected chi connectivity index (χ4v) is 1.71. The summed E-state index contributed by atoms with van der Waals surface area (Å²) >= 11 is 0. The predicted octanol–water partition coefficient (Wildman–Crippen LogP) is 2.57. The van der Waals surface area contributed by atoms with E-state index in [-0.39, 0.29) is 28.2 Å². The number of hydrogen-bond donors (Lipinski definition) is 3. The number of carboxylic acids is 3. The van der Waals surface area contributed by atoms with E-state index in [1.165, 1.54) is 36.4 Å². The molecule has 112 valence electrons. The minimum Gasteiger partial charge on any atom is -0.478 e. The number of hydrogen-bond acceptors (Lipinski definition) is 4. The summed E-state index contributed by atoms with van der Waals surface area (Å²) < 4.78 is 5.37. The Morgan fingerprint density at radius 3 is 1.77 bits per heavy atom. The lowest BCUT2D eigenvalue weighted by atomic mass is 10.1. The summed E-state index contributed by atoms with van der Waals surface area (Å²) in [5, 5.41) is 26.8. The molecule has 0 aliphatic carbocycles. The van der Waals surface area contributed by atoms with E-state index < -0.39 is 17.9 Å². The van der Waals surface area contributed by atoms with Gasteiger partial charge < -0.3 is 20.1 Å². The molecule has 7 nitrogen and oxygen atoms in total. The van der Waals surface area contributed by atoms with E-state index in [1.807, 2.05) is 0 Å². The lowest BCUT2D eigenvalue weighted by Crippen LogP contribution is -2.04. The van der Waals surface area contributed by atoms with Gasteiger partial charge in [-0.15, -0.1) is 0 Å². The van der Waals surface area contributed by atoms with Crippen molar-refractivity contribution in [3.63, 3.8) is 0 Å². The van der Waals surface area contributed by atoms with Crippen molar-refractivity contribution in [2.75, 3.05) is 0 Å². The first-order chi connectivity index (χ1) is 10.4. The van der Waals surface area contributed by atoms with Gasteiger partial charge in [-0.05, 0) is 42.5 Å². The molecule has 0 aromatic heterocycles. The van der Waals surface area contributed by atoms with Gasteiger partial charge >= 0.3 is 17.9 Å². The molecule has 0 fully saturated rings. The molecule has 2 aromatic carbocycles. The van der Waals surface area contributed by atoms with Crippen LogP contribution in [0.25, 0.3) is 0 Å². The molecule has 2 rings (SSSR count). The standard InChI is InChI=1S/C15H10O7/c16-13(17)8-1-4-10(5-2-8)22-12-6-3-9(14(18)19)7-11(12)15(20)21/h1-7H,(H,16,17)(H,18,19)(H,20,21). The molecule has 0 amide bonds. The van der Waals surface area contributed by atoms with E-state index in [1.54, 1.807) is 0 Å². The third-order valence-corrected chi connectivity index (χ3v) is 2.79. The van der Waals surface area contributed by atoms with Gasteiger partial charge in [-0.25, -0.2) is 14.4 Å². The Morgan fingerprint density at radius 2 is 1.27 bits per heavy atom. The maximum Gasteiger partial charge on any atom is 0.339 e. The topological polar surface area (TPSA) is 121 Å². The van der Waals surface area contributed by atoms with E-state index in [9.17, 15) is 14.4 Å². The highest BCUT2D eigenvalue weighted by Crippen LogP contribution is 2.27. The van der Waals surface area contributed by atoms with Gasteiger partial charge in [0.05, 0.1) is 11.1 Å². The third kappa shape index (κ3) is 3.21. The summed E-state index contributed by atoms with van der Waals surface area (Å²) in [7, 11) is 0. The van der Waals surface area contributed by atoms with E-state index in [0.29, 0.717) is 0 Å². The molecule has 0 aliphatic heterocycles. The summed E-state index contributed by atoms with van der Waals surface area (Å²) in [6, 6.07) is 8.81. The van der Waals surface area contributed by atoms with Crippen LogP contribution in [0.2, 0.25) is 0 Å². The molecule has 0 saturated heterocycles. The van der Waals surface area contributed by atoms with Crippen LogP contribution in [0.1, 0.15) is 31.1 Å². The molecular weight excluding hydrogens is 292 g/mol. The monoisotopic (exact) mass is 302 g/mol. The highest BCUT2D eigenvalue weighted by Gasteiger charge is 2.16. The lowest BCUT2D eigenvalue weighted by molar-refractivity contribution is 0.0681. The minimum absolute atomic E-state index is 0.0411. The Kier molecular flexibility index (Phi) is 4.08. The Morgan fingerprint density at radius 1 is 0.727 bits per heavy atom. The summed E-state index contributed by atoms with van der Waals surface area (Å²) in [6.07, 6.45) is 0. The van der Waals surface area contributed by atoms with Crippen LogP contribution in [-0.4, -0.2) is 33.2 Å². The van der Waals surface area contributed by atoms with E-state index in [2.05, 4.69) is 0 Å². The van der Waals surface area contributed by atoms with Gasteiger partial charge in [0.25, 0.3) is 0 Å². The molecule has 0 spiro atoms. The molecule has 2 aromatic rings. The highest BCUT2D eigenvalue weighted by atomic mass is 16.5. The van der Waals surface area contributed by atoms with Crippen LogP contribution in [0.5, 0.6) is 11.5 Å². The third-order valence-electron chi connectivity index (χ3n) is 2.79. The van der Waals surface area contributed by atoms with Crippen molar-refractivity contribution in [2.45, 2.75) is 0 Å². The van der Waals surface area contributed by atoms with Crippen LogP contribution in [0.3, 0.4) is 0 Å². The maximum atomic E-state index is 11.2. The number of aromatic carboxylic acids is 3. The van der Waals surface area contributed by atoms with Crippen LogP contribution in [-0.2, 0) is 0 Å². The van der Waals surface area contributed by atoms with E-state index >= 15 is 0 Å². The van der Waals surface area contributed by atoms with E-state index in [0.717, 1.165) is 6.07 Å². The molecule has 0 heterocycles. The zero-order valence-electron chi connectivity index (χ0n) is 11.0. The number of carboxylic acid groups (broad SMARTS) is 3. The van der Waals surface area contributed by atoms with Crippen LogP contribution in [0.4, 0.5) is 0 Å². The molecule has 0 saturated carbocycles. The molecular formula is C15H10O7. The van der Waals surface area contributed by atoms with Gasteiger partial charge in [-0.3, -0.25) is 0 Å². The summed E-state index contributed by atoms with van der Waals surface area (Å²) in [4.78, 5) is 32.8. The lowest BCUT2D eigenvalue weighted by Gasteiger charge is -2.09. The second-order valence-corrected chi connectivity index (χ2v) is 4.25. The van der Waals surface area contributed by atoms with Gasteiger partial charge in [0.2, 0.25) is 0 Å². The number of ether oxygens (including phenoxy) is 1. The van der Waals surface area contributed by atoms with Gasteiger partial charge in [0.15, 0.2) is 0 Å². The SMILES string of the molecule is O=C(O)c1ccc(Oc2ccc(C(=O)O)cc2C(=O)O)cc1. The van der Waals surface area contributed by atoms with E-state index in [4.69, 9.17) is 20.1 Å². The Bertz CT molecular complexity index is 747. The van der Waals surface area contributed by atoms with Crippen molar-refractivity contribution in [2.24, 2.45) is 0 Å². The van der Waals surface area contributed by atoms with Crippen molar-refractivity contribution in [1.82, 2.24) is 0 Å². The molecule has 0 radical (unpaired) electrons. The second-order valence-electron chi connectivity index (χ2n) is 4.25. The van der Waals surface area contributed by atoms with Crippen molar-refractivity contribution in [1.29, 1.82) is 0 Å². The largest absolute Gasteiger partial charge is 0.478 e. The van der Waals surface area contributed by atoms with Gasteiger partial charge in [0, 0.05) is 0 Å². The van der Waals surface area contributed by atoms with Crippen LogP contribution in [0.15, 0.2) is 42.5 Å². The number of carbonyl (C=O) groups is 3. The van der Waals surface area contributed by atoms with Crippen molar-refractivity contribution >= 4 is 17.9 Å². The Balaban J connectivity index is 2.34. The zero-order chi connectivity index (χ0) is 16.3. The van der Waals surface area contributed by atoms with Crippen molar-refractivity contribution in [3.8, 4) is 11.5 Å². The zero-order valence-corrected chi connectivity index (χ0v) is 11.0. The van der Waals surface area contributed by atoms with Crippen molar-refractivity contribution < 1.29 is 34.4 Å². The summed E-state index contributed by atoms with van der Waals surface area (Å²) in [5.74, 6) is -3.49. The molecule has 0 aliphatic rings. The summed E-state index contributed by atoms with van der Waals surface area (Å²) in [6.45, 7) is 0. The Labute approximate surface area is 124 Å². The smallest absolute Gasteiger partial charge is 0.339 e. The molecule has 22 heavy (non-hydrogen) atoms. The molecule has 0 bridgehead atoms. The van der Waals surface area contributed by atoms with Crippen LogP contribution in [0, 0.1) is 0 Å². The second kappa shape index (κ2) is 5.96. The highest BCUT2D eigenvalue weighted by molar-refractivity contribution is 5.96. The quantitative estimate of drug-likeness (QED) is 0.776. The molecule has 3 N–H and O–H groups in total. The first-order valence-corrected chi connectivity index (χ1v) is 6.00. The average Bonchev–Trinajstić information content (AvgIpc) is 2.47. The minimum atomic E-state index is -1.33. The molecule has 0 atom stereocenters. The first kappa shape index (κ1) is 15.0. The number of rotatable bonds is 5. The normalized spacial score (nSPS) is 10.0.